The zero-order valence-electron chi connectivity index (χ0n) is 11.9. The first-order chi connectivity index (χ1) is 11.1. The molecule has 0 saturated heterocycles. The summed E-state index contributed by atoms with van der Waals surface area (Å²) >= 11 is 0. The van der Waals surface area contributed by atoms with Crippen LogP contribution in [0.3, 0.4) is 0 Å². The normalized spacial score (nSPS) is 11.3. The Labute approximate surface area is 131 Å². The SMILES string of the molecule is O=[C]OC(C(=O)OCc1ccccc1)c1ccc([N+](=O)[O-])cc1. The van der Waals surface area contributed by atoms with Gasteiger partial charge in [0.05, 0.1) is 4.92 Å². The Bertz CT molecular complexity index is 683. The number of nitro groups is 1. The number of nitrogens with zero attached hydrogens (tertiary/aromatic N) is 1. The molecule has 1 unspecified atom stereocenters. The monoisotopic (exact) mass is 314 g/mol. The van der Waals surface area contributed by atoms with Crippen LogP contribution in [0.5, 0.6) is 0 Å². The van der Waals surface area contributed by atoms with Gasteiger partial charge in [0.15, 0.2) is 0 Å². The van der Waals surface area contributed by atoms with Crippen LogP contribution >= 0.6 is 0 Å². The van der Waals surface area contributed by atoms with Gasteiger partial charge in [-0.2, -0.15) is 0 Å². The van der Waals surface area contributed by atoms with E-state index in [0.717, 1.165) is 5.56 Å². The zero-order chi connectivity index (χ0) is 16.7. The number of hydrogen-bond acceptors (Lipinski definition) is 6. The van der Waals surface area contributed by atoms with Gasteiger partial charge in [0.2, 0.25) is 6.10 Å². The fourth-order valence-corrected chi connectivity index (χ4v) is 1.88. The summed E-state index contributed by atoms with van der Waals surface area (Å²) in [5.41, 5.74) is 0.899. The Morgan fingerprint density at radius 1 is 1.13 bits per heavy atom. The van der Waals surface area contributed by atoms with Gasteiger partial charge in [0.1, 0.15) is 6.61 Å². The molecular formula is C16H12NO6. The number of rotatable bonds is 7. The molecule has 1 radical (unpaired) electrons. The minimum absolute atomic E-state index is 0.0192. The maximum Gasteiger partial charge on any atom is 0.418 e. The van der Waals surface area contributed by atoms with Crippen molar-refractivity contribution in [3.63, 3.8) is 0 Å². The summed E-state index contributed by atoms with van der Waals surface area (Å²) in [4.78, 5) is 32.6. The second-order valence-corrected chi connectivity index (χ2v) is 4.52. The van der Waals surface area contributed by atoms with Gasteiger partial charge in [-0.3, -0.25) is 10.1 Å². The van der Waals surface area contributed by atoms with Crippen LogP contribution in [0.4, 0.5) is 5.69 Å². The van der Waals surface area contributed by atoms with E-state index in [9.17, 15) is 19.7 Å². The van der Waals surface area contributed by atoms with Gasteiger partial charge in [-0.05, 0) is 17.7 Å². The molecule has 2 rings (SSSR count). The molecule has 7 heteroatoms. The lowest BCUT2D eigenvalue weighted by atomic mass is 10.1. The van der Waals surface area contributed by atoms with Gasteiger partial charge >= 0.3 is 12.4 Å². The van der Waals surface area contributed by atoms with E-state index in [-0.39, 0.29) is 17.9 Å². The van der Waals surface area contributed by atoms with Crippen molar-refractivity contribution in [3.05, 3.63) is 75.8 Å². The summed E-state index contributed by atoms with van der Waals surface area (Å²) in [6.07, 6.45) is -1.32. The number of esters is 1. The number of carbonyl (C=O) groups is 1. The topological polar surface area (TPSA) is 95.7 Å². The molecule has 23 heavy (non-hydrogen) atoms. The molecule has 7 nitrogen and oxygen atoms in total. The number of ether oxygens (including phenoxy) is 2. The molecular weight excluding hydrogens is 302 g/mol. The Balaban J connectivity index is 2.08. The maximum absolute atomic E-state index is 12.1. The summed E-state index contributed by atoms with van der Waals surface area (Å²) < 4.78 is 9.73. The van der Waals surface area contributed by atoms with Crippen molar-refractivity contribution in [2.24, 2.45) is 0 Å². The Morgan fingerprint density at radius 2 is 1.78 bits per heavy atom. The zero-order valence-corrected chi connectivity index (χ0v) is 11.9. The summed E-state index contributed by atoms with van der Waals surface area (Å²) in [5.74, 6) is -0.786. The maximum atomic E-state index is 12.1. The first kappa shape index (κ1) is 16.2. The van der Waals surface area contributed by atoms with Crippen molar-refractivity contribution in [3.8, 4) is 0 Å². The molecule has 0 saturated carbocycles. The number of benzene rings is 2. The van der Waals surface area contributed by atoms with Crippen molar-refractivity contribution >= 4 is 18.1 Å². The van der Waals surface area contributed by atoms with Gasteiger partial charge in [-0.15, -0.1) is 0 Å². The van der Waals surface area contributed by atoms with Crippen LogP contribution in [0, 0.1) is 10.1 Å². The second-order valence-electron chi connectivity index (χ2n) is 4.52. The van der Waals surface area contributed by atoms with Crippen molar-refractivity contribution in [1.29, 1.82) is 0 Å². The van der Waals surface area contributed by atoms with E-state index in [2.05, 4.69) is 4.74 Å². The van der Waals surface area contributed by atoms with E-state index in [1.807, 2.05) is 6.07 Å². The fraction of sp³-hybridized carbons (Fsp3) is 0.125. The van der Waals surface area contributed by atoms with E-state index >= 15 is 0 Å². The van der Waals surface area contributed by atoms with E-state index in [0.29, 0.717) is 0 Å². The van der Waals surface area contributed by atoms with Gasteiger partial charge < -0.3 is 9.47 Å². The third-order valence-corrected chi connectivity index (χ3v) is 3.01. The van der Waals surface area contributed by atoms with E-state index in [1.165, 1.54) is 30.7 Å². The molecule has 0 amide bonds. The lowest BCUT2D eigenvalue weighted by Gasteiger charge is -2.14. The predicted molar refractivity (Wildman–Crippen MR) is 78.9 cm³/mol. The number of carbonyl (C=O) groups excluding carboxylic acids is 2. The van der Waals surface area contributed by atoms with Gasteiger partial charge in [-0.1, -0.05) is 30.3 Å². The second kappa shape index (κ2) is 7.69. The van der Waals surface area contributed by atoms with E-state index < -0.39 is 17.0 Å². The lowest BCUT2D eigenvalue weighted by molar-refractivity contribution is -0.384. The van der Waals surface area contributed by atoms with Crippen LogP contribution in [0.2, 0.25) is 0 Å². The Morgan fingerprint density at radius 3 is 2.35 bits per heavy atom. The average Bonchev–Trinajstić information content (AvgIpc) is 2.58. The van der Waals surface area contributed by atoms with Gasteiger partial charge in [0, 0.05) is 17.7 Å². The van der Waals surface area contributed by atoms with Gasteiger partial charge in [-0.25, -0.2) is 9.59 Å². The molecule has 0 fully saturated rings. The van der Waals surface area contributed by atoms with Crippen LogP contribution in [-0.2, 0) is 25.7 Å². The summed E-state index contributed by atoms with van der Waals surface area (Å²) in [6, 6.07) is 14.0. The third-order valence-electron chi connectivity index (χ3n) is 3.01. The van der Waals surface area contributed by atoms with Crippen molar-refractivity contribution in [2.75, 3.05) is 0 Å². The van der Waals surface area contributed by atoms with Crippen LogP contribution in [0.15, 0.2) is 54.6 Å². The molecule has 2 aromatic rings. The summed E-state index contributed by atoms with van der Waals surface area (Å²) in [5, 5.41) is 10.6. The van der Waals surface area contributed by atoms with Crippen molar-refractivity contribution in [2.45, 2.75) is 12.7 Å². The first-order valence-corrected chi connectivity index (χ1v) is 6.59. The smallest absolute Gasteiger partial charge is 0.418 e. The van der Waals surface area contributed by atoms with Gasteiger partial charge in [0.25, 0.3) is 5.69 Å². The standard InChI is InChI=1S/C16H12NO6/c18-11-23-15(13-6-8-14(9-7-13)17(20)21)16(19)22-10-12-4-2-1-3-5-12/h1-9,15H,10H2. The molecule has 117 valence electrons. The van der Waals surface area contributed by atoms with Crippen molar-refractivity contribution in [1.82, 2.24) is 0 Å². The number of hydrogen-bond donors (Lipinski definition) is 0. The number of nitro benzene ring substituents is 1. The molecule has 2 aromatic carbocycles. The molecule has 0 aromatic heterocycles. The highest BCUT2D eigenvalue weighted by molar-refractivity contribution is 5.78. The highest BCUT2D eigenvalue weighted by Crippen LogP contribution is 2.22. The quantitative estimate of drug-likeness (QED) is 0.442. The Hall–Kier alpha value is -3.22. The largest absolute Gasteiger partial charge is 0.458 e. The minimum Gasteiger partial charge on any atom is -0.458 e. The predicted octanol–water partition coefficient (Wildman–Crippen LogP) is 2.46. The summed E-state index contributed by atoms with van der Waals surface area (Å²) in [6.45, 7) is 1.22. The fourth-order valence-electron chi connectivity index (χ4n) is 1.88. The highest BCUT2D eigenvalue weighted by atomic mass is 16.6. The molecule has 0 N–H and O–H groups in total. The summed E-state index contributed by atoms with van der Waals surface area (Å²) in [7, 11) is 0. The first-order valence-electron chi connectivity index (χ1n) is 6.59. The molecule has 0 heterocycles. The van der Waals surface area contributed by atoms with Crippen LogP contribution < -0.4 is 0 Å². The molecule has 0 aliphatic rings. The van der Waals surface area contributed by atoms with E-state index in [4.69, 9.17) is 4.74 Å². The van der Waals surface area contributed by atoms with Crippen LogP contribution in [0.25, 0.3) is 0 Å². The lowest BCUT2D eigenvalue weighted by Crippen LogP contribution is -2.18. The molecule has 0 aliphatic carbocycles. The van der Waals surface area contributed by atoms with Crippen LogP contribution in [-0.4, -0.2) is 17.4 Å². The highest BCUT2D eigenvalue weighted by Gasteiger charge is 2.25. The molecule has 0 bridgehead atoms. The molecule has 0 spiro atoms. The molecule has 1 atom stereocenters. The molecule has 0 aliphatic heterocycles. The van der Waals surface area contributed by atoms with Crippen molar-refractivity contribution < 1.29 is 24.0 Å². The number of non-ortho nitro benzene ring substituents is 1. The average molecular weight is 314 g/mol. The minimum atomic E-state index is -1.32. The van der Waals surface area contributed by atoms with Crippen LogP contribution in [0.1, 0.15) is 17.2 Å². The third kappa shape index (κ3) is 4.37. The van der Waals surface area contributed by atoms with E-state index in [1.54, 1.807) is 24.3 Å². The Kier molecular flexibility index (Phi) is 5.40.